The number of sulfonamides is 1. The maximum atomic E-state index is 13.4. The smallest absolute Gasteiger partial charge is 0.240 e. The highest BCUT2D eigenvalue weighted by Gasteiger charge is 2.28. The highest BCUT2D eigenvalue weighted by atomic mass is 32.2. The van der Waals surface area contributed by atoms with Crippen LogP contribution >= 0.6 is 0 Å². The van der Waals surface area contributed by atoms with Crippen molar-refractivity contribution in [1.29, 1.82) is 0 Å². The molecule has 1 aromatic heterocycles. The molecule has 0 unspecified atom stereocenters. The summed E-state index contributed by atoms with van der Waals surface area (Å²) in [6, 6.07) is 23.1. The molecule has 178 valence electrons. The predicted octanol–water partition coefficient (Wildman–Crippen LogP) is 4.91. The van der Waals surface area contributed by atoms with Gasteiger partial charge in [-0.1, -0.05) is 74.5 Å². The summed E-state index contributed by atoms with van der Waals surface area (Å²) >= 11 is 0. The van der Waals surface area contributed by atoms with Crippen molar-refractivity contribution in [2.24, 2.45) is 0 Å². The van der Waals surface area contributed by atoms with Gasteiger partial charge in [0.1, 0.15) is 4.90 Å². The highest BCUT2D eigenvalue weighted by Crippen LogP contribution is 2.34. The van der Waals surface area contributed by atoms with Gasteiger partial charge in [0.2, 0.25) is 10.0 Å². The van der Waals surface area contributed by atoms with Gasteiger partial charge >= 0.3 is 0 Å². The van der Waals surface area contributed by atoms with Crippen molar-refractivity contribution in [3.63, 3.8) is 0 Å². The quantitative estimate of drug-likeness (QED) is 0.334. The summed E-state index contributed by atoms with van der Waals surface area (Å²) in [5.41, 5.74) is 2.26. The Balaban J connectivity index is 1.74. The van der Waals surface area contributed by atoms with E-state index < -0.39 is 20.0 Å². The molecule has 0 bridgehead atoms. The Bertz CT molecular complexity index is 1490. The first kappa shape index (κ1) is 24.2. The molecular formula is C26H28N2O4S2. The summed E-state index contributed by atoms with van der Waals surface area (Å²) in [4.78, 5) is 0.0765. The van der Waals surface area contributed by atoms with Gasteiger partial charge in [-0.3, -0.25) is 0 Å². The number of rotatable bonds is 9. The Morgan fingerprint density at radius 3 is 2.12 bits per heavy atom. The molecule has 8 heteroatoms. The highest BCUT2D eigenvalue weighted by molar-refractivity contribution is 7.91. The van der Waals surface area contributed by atoms with Gasteiger partial charge in [-0.25, -0.2) is 25.5 Å². The third kappa shape index (κ3) is 4.80. The van der Waals surface area contributed by atoms with E-state index in [0.29, 0.717) is 17.3 Å². The summed E-state index contributed by atoms with van der Waals surface area (Å²) in [5.74, 6) is 0.00556. The monoisotopic (exact) mass is 496 g/mol. The van der Waals surface area contributed by atoms with E-state index in [4.69, 9.17) is 0 Å². The van der Waals surface area contributed by atoms with Crippen LogP contribution in [0.2, 0.25) is 0 Å². The first-order valence-corrected chi connectivity index (χ1v) is 14.1. The summed E-state index contributed by atoms with van der Waals surface area (Å²) in [5, 5.41) is 0.438. The Kier molecular flexibility index (Phi) is 6.93. The van der Waals surface area contributed by atoms with E-state index in [1.165, 1.54) is 18.3 Å². The molecule has 0 spiro atoms. The average molecular weight is 497 g/mol. The van der Waals surface area contributed by atoms with Gasteiger partial charge in [0.05, 0.1) is 10.4 Å². The Morgan fingerprint density at radius 2 is 1.47 bits per heavy atom. The van der Waals surface area contributed by atoms with E-state index in [0.717, 1.165) is 21.5 Å². The summed E-state index contributed by atoms with van der Waals surface area (Å²) in [6.45, 7) is 4.17. The van der Waals surface area contributed by atoms with Gasteiger partial charge < -0.3 is 0 Å². The fraction of sp³-hybridized carbons (Fsp3) is 0.231. The molecule has 0 aliphatic carbocycles. The van der Waals surface area contributed by atoms with Gasteiger partial charge in [-0.2, -0.15) is 0 Å². The molecule has 0 aliphatic rings. The fourth-order valence-electron chi connectivity index (χ4n) is 4.06. The Hall–Kier alpha value is -2.94. The van der Waals surface area contributed by atoms with Crippen molar-refractivity contribution in [3.8, 4) is 0 Å². The lowest BCUT2D eigenvalue weighted by Gasteiger charge is -2.11. The third-order valence-corrected chi connectivity index (χ3v) is 8.94. The average Bonchev–Trinajstić information content (AvgIpc) is 3.25. The molecule has 6 nitrogen and oxygen atoms in total. The zero-order valence-electron chi connectivity index (χ0n) is 19.2. The number of nitrogens with zero attached hydrogens (tertiary/aromatic N) is 1. The molecule has 4 aromatic rings. The van der Waals surface area contributed by atoms with Crippen LogP contribution in [0, 0.1) is 0 Å². The number of fused-ring (bicyclic) bond motifs is 1. The molecule has 3 aromatic carbocycles. The fourth-order valence-corrected chi connectivity index (χ4v) is 6.82. The van der Waals surface area contributed by atoms with Crippen LogP contribution in [0.3, 0.4) is 0 Å². The second-order valence-electron chi connectivity index (χ2n) is 8.49. The van der Waals surface area contributed by atoms with E-state index in [1.807, 2.05) is 50.2 Å². The van der Waals surface area contributed by atoms with Crippen molar-refractivity contribution in [3.05, 3.63) is 96.2 Å². The number of hydrogen-bond acceptors (Lipinski definition) is 4. The van der Waals surface area contributed by atoms with Crippen LogP contribution in [0.1, 0.15) is 37.3 Å². The predicted molar refractivity (Wildman–Crippen MR) is 135 cm³/mol. The zero-order valence-corrected chi connectivity index (χ0v) is 20.8. The van der Waals surface area contributed by atoms with Gasteiger partial charge in [0.15, 0.2) is 0 Å². The van der Waals surface area contributed by atoms with Crippen molar-refractivity contribution >= 4 is 30.9 Å². The Morgan fingerprint density at radius 1 is 0.824 bits per heavy atom. The van der Waals surface area contributed by atoms with E-state index in [9.17, 15) is 16.8 Å². The van der Waals surface area contributed by atoms with Gasteiger partial charge in [0, 0.05) is 18.1 Å². The SMILES string of the molecule is CC(C)c1cccc2c1c(S(=O)(=O)NCCCc1ccccc1)cn2S(=O)(=O)c1ccccc1. The number of aromatic nitrogens is 1. The molecule has 0 amide bonds. The van der Waals surface area contributed by atoms with Crippen LogP contribution in [0.4, 0.5) is 0 Å². The Labute approximate surface area is 201 Å². The van der Waals surface area contributed by atoms with Gasteiger partial charge in [-0.05, 0) is 48.1 Å². The molecule has 0 radical (unpaired) electrons. The van der Waals surface area contributed by atoms with Crippen LogP contribution in [-0.2, 0) is 26.5 Å². The first-order valence-electron chi connectivity index (χ1n) is 11.2. The van der Waals surface area contributed by atoms with Gasteiger partial charge in [0.25, 0.3) is 10.0 Å². The molecule has 1 heterocycles. The van der Waals surface area contributed by atoms with Crippen LogP contribution in [-0.4, -0.2) is 27.4 Å². The normalized spacial score (nSPS) is 12.4. The topological polar surface area (TPSA) is 85.2 Å². The second-order valence-corrected chi connectivity index (χ2v) is 12.0. The zero-order chi connectivity index (χ0) is 24.3. The van der Waals surface area contributed by atoms with E-state index in [2.05, 4.69) is 4.72 Å². The second kappa shape index (κ2) is 9.74. The lowest BCUT2D eigenvalue weighted by Crippen LogP contribution is -2.25. The number of benzene rings is 3. The molecule has 34 heavy (non-hydrogen) atoms. The molecule has 4 rings (SSSR count). The largest absolute Gasteiger partial charge is 0.268 e. The van der Waals surface area contributed by atoms with Crippen molar-refractivity contribution < 1.29 is 16.8 Å². The maximum absolute atomic E-state index is 13.4. The van der Waals surface area contributed by atoms with Crippen molar-refractivity contribution in [2.45, 2.75) is 42.4 Å². The molecular weight excluding hydrogens is 468 g/mol. The van der Waals surface area contributed by atoms with E-state index in [-0.39, 0.29) is 22.3 Å². The molecule has 0 saturated heterocycles. The third-order valence-electron chi connectivity index (χ3n) is 5.78. The lowest BCUT2D eigenvalue weighted by atomic mass is 9.99. The van der Waals surface area contributed by atoms with Crippen LogP contribution in [0.5, 0.6) is 0 Å². The lowest BCUT2D eigenvalue weighted by molar-refractivity contribution is 0.579. The van der Waals surface area contributed by atoms with E-state index in [1.54, 1.807) is 30.3 Å². The molecule has 0 atom stereocenters. The summed E-state index contributed by atoms with van der Waals surface area (Å²) in [7, 11) is -7.94. The van der Waals surface area contributed by atoms with Crippen LogP contribution in [0.25, 0.3) is 10.9 Å². The molecule has 1 N–H and O–H groups in total. The standard InChI is InChI=1S/C26H28N2O4S2/c1-20(2)23-16-9-17-24-26(23)25(19-28(24)34(31,32)22-14-7-4-8-15-22)33(29,30)27-18-10-13-21-11-5-3-6-12-21/h3-9,11-12,14-17,19-20,27H,10,13,18H2,1-2H3. The number of nitrogens with one attached hydrogen (secondary N) is 1. The summed E-state index contributed by atoms with van der Waals surface area (Å²) < 4.78 is 57.4. The number of hydrogen-bond donors (Lipinski definition) is 1. The minimum atomic E-state index is -3.98. The van der Waals surface area contributed by atoms with Gasteiger partial charge in [-0.15, -0.1) is 0 Å². The molecule has 0 aliphatic heterocycles. The minimum Gasteiger partial charge on any atom is -0.240 e. The molecule has 0 saturated carbocycles. The van der Waals surface area contributed by atoms with Crippen molar-refractivity contribution in [2.75, 3.05) is 6.54 Å². The first-order chi connectivity index (χ1) is 16.2. The van der Waals surface area contributed by atoms with Crippen LogP contribution < -0.4 is 4.72 Å². The number of aryl methyl sites for hydroxylation is 1. The van der Waals surface area contributed by atoms with Crippen LogP contribution in [0.15, 0.2) is 94.9 Å². The summed E-state index contributed by atoms with van der Waals surface area (Å²) in [6.07, 6.45) is 2.60. The van der Waals surface area contributed by atoms with Crippen molar-refractivity contribution in [1.82, 2.24) is 8.69 Å². The minimum absolute atomic E-state index is 0.00556. The van der Waals surface area contributed by atoms with E-state index >= 15 is 0 Å². The maximum Gasteiger partial charge on any atom is 0.268 e. The molecule has 0 fully saturated rings.